The van der Waals surface area contributed by atoms with Crippen molar-refractivity contribution in [2.24, 2.45) is 0 Å². The second kappa shape index (κ2) is 9.06. The first-order valence-corrected chi connectivity index (χ1v) is 10.4. The number of Topliss-reactive ketones (excluding diaryl/α,β-unsaturated/α-hetero) is 1. The van der Waals surface area contributed by atoms with Gasteiger partial charge < -0.3 is 14.4 Å². The highest BCUT2D eigenvalue weighted by Gasteiger charge is 2.28. The first-order valence-electron chi connectivity index (χ1n) is 10.4. The number of allylic oxidation sites excluding steroid dienone is 1. The molecule has 1 aliphatic heterocycles. The standard InChI is InChI=1S/C26H22FNO4/c1-3-28(4-2)20-10-8-17(9-11-20)14-24-25(29)22-13-12-21(16-23(22)32-24)31-26(30)18-6-5-7-19(27)15-18/h5-16H,3-4H2,1-2H3/b24-14-. The molecule has 1 heterocycles. The molecule has 0 unspecified atom stereocenters. The van der Waals surface area contributed by atoms with E-state index in [-0.39, 0.29) is 22.9 Å². The Morgan fingerprint density at radius 2 is 1.78 bits per heavy atom. The molecule has 3 aromatic carbocycles. The number of esters is 1. The third-order valence-electron chi connectivity index (χ3n) is 5.23. The number of nitrogens with zero attached hydrogens (tertiary/aromatic N) is 1. The number of halogens is 1. The summed E-state index contributed by atoms with van der Waals surface area (Å²) >= 11 is 0. The lowest BCUT2D eigenvalue weighted by molar-refractivity contribution is 0.0734. The lowest BCUT2D eigenvalue weighted by Gasteiger charge is -2.20. The van der Waals surface area contributed by atoms with Crippen LogP contribution in [0, 0.1) is 5.82 Å². The molecule has 4 rings (SSSR count). The van der Waals surface area contributed by atoms with Crippen LogP contribution in [0.4, 0.5) is 10.1 Å². The van der Waals surface area contributed by atoms with Gasteiger partial charge in [-0.25, -0.2) is 9.18 Å². The number of carbonyl (C=O) groups is 2. The molecule has 0 saturated carbocycles. The average molecular weight is 431 g/mol. The average Bonchev–Trinajstić information content (AvgIpc) is 3.10. The third kappa shape index (κ3) is 4.39. The molecule has 32 heavy (non-hydrogen) atoms. The first-order chi connectivity index (χ1) is 15.5. The summed E-state index contributed by atoms with van der Waals surface area (Å²) in [4.78, 5) is 27.2. The van der Waals surface area contributed by atoms with Crippen LogP contribution in [0.15, 0.2) is 72.5 Å². The third-order valence-corrected chi connectivity index (χ3v) is 5.23. The maximum atomic E-state index is 13.3. The molecule has 1 aliphatic rings. The number of benzene rings is 3. The molecular formula is C26H22FNO4. The maximum Gasteiger partial charge on any atom is 0.343 e. The van der Waals surface area contributed by atoms with Crippen molar-refractivity contribution in [1.29, 1.82) is 0 Å². The quantitative estimate of drug-likeness (QED) is 0.293. The van der Waals surface area contributed by atoms with Crippen LogP contribution in [0.25, 0.3) is 6.08 Å². The van der Waals surface area contributed by atoms with E-state index in [1.54, 1.807) is 12.1 Å². The molecule has 0 radical (unpaired) electrons. The van der Waals surface area contributed by atoms with Crippen LogP contribution in [0.1, 0.15) is 40.1 Å². The smallest absolute Gasteiger partial charge is 0.343 e. The molecule has 0 amide bonds. The molecule has 0 atom stereocenters. The molecule has 0 aromatic heterocycles. The summed E-state index contributed by atoms with van der Waals surface area (Å²) in [6.07, 6.45) is 1.69. The number of hydrogen-bond donors (Lipinski definition) is 0. The molecule has 0 fully saturated rings. The molecule has 5 nitrogen and oxygen atoms in total. The van der Waals surface area contributed by atoms with Gasteiger partial charge >= 0.3 is 5.97 Å². The SMILES string of the molecule is CCN(CC)c1ccc(/C=C2\Oc3cc(OC(=O)c4cccc(F)c4)ccc3C2=O)cc1. The highest BCUT2D eigenvalue weighted by atomic mass is 19.1. The largest absolute Gasteiger partial charge is 0.452 e. The molecule has 0 aliphatic carbocycles. The van der Waals surface area contributed by atoms with Crippen LogP contribution in [0.3, 0.4) is 0 Å². The maximum absolute atomic E-state index is 13.3. The van der Waals surface area contributed by atoms with Crippen LogP contribution in [-0.2, 0) is 0 Å². The Morgan fingerprint density at radius 1 is 1.03 bits per heavy atom. The Bertz CT molecular complexity index is 1200. The predicted molar refractivity (Wildman–Crippen MR) is 121 cm³/mol. The van der Waals surface area contributed by atoms with E-state index < -0.39 is 11.8 Å². The van der Waals surface area contributed by atoms with Gasteiger partial charge in [0.1, 0.15) is 17.3 Å². The number of rotatable bonds is 6. The number of ketones is 1. The fourth-order valence-electron chi connectivity index (χ4n) is 3.53. The van der Waals surface area contributed by atoms with Crippen LogP contribution in [-0.4, -0.2) is 24.8 Å². The van der Waals surface area contributed by atoms with Crippen LogP contribution < -0.4 is 14.4 Å². The summed E-state index contributed by atoms with van der Waals surface area (Å²) < 4.78 is 24.4. The normalized spacial score (nSPS) is 13.6. The summed E-state index contributed by atoms with van der Waals surface area (Å²) in [5.74, 6) is -0.749. The van der Waals surface area contributed by atoms with E-state index in [0.717, 1.165) is 30.4 Å². The highest BCUT2D eigenvalue weighted by Crippen LogP contribution is 2.35. The minimum atomic E-state index is -0.696. The van der Waals surface area contributed by atoms with E-state index in [0.29, 0.717) is 11.3 Å². The fourth-order valence-corrected chi connectivity index (χ4v) is 3.53. The van der Waals surface area contributed by atoms with Crippen LogP contribution in [0.2, 0.25) is 0 Å². The van der Waals surface area contributed by atoms with E-state index in [1.165, 1.54) is 30.3 Å². The van der Waals surface area contributed by atoms with E-state index in [9.17, 15) is 14.0 Å². The Hall–Kier alpha value is -3.93. The van der Waals surface area contributed by atoms with Gasteiger partial charge in [0.2, 0.25) is 5.78 Å². The van der Waals surface area contributed by atoms with Crippen molar-refractivity contribution in [1.82, 2.24) is 0 Å². The van der Waals surface area contributed by atoms with Gasteiger partial charge in [0.15, 0.2) is 5.76 Å². The lowest BCUT2D eigenvalue weighted by atomic mass is 10.1. The van der Waals surface area contributed by atoms with Crippen LogP contribution >= 0.6 is 0 Å². The summed E-state index contributed by atoms with van der Waals surface area (Å²) in [7, 11) is 0. The monoisotopic (exact) mass is 431 g/mol. The summed E-state index contributed by atoms with van der Waals surface area (Å²) in [5, 5.41) is 0. The van der Waals surface area contributed by atoms with Crippen molar-refractivity contribution < 1.29 is 23.5 Å². The lowest BCUT2D eigenvalue weighted by Crippen LogP contribution is -2.21. The van der Waals surface area contributed by atoms with Crippen molar-refractivity contribution >= 4 is 23.5 Å². The van der Waals surface area contributed by atoms with Crippen molar-refractivity contribution in [3.8, 4) is 11.5 Å². The number of anilines is 1. The van der Waals surface area contributed by atoms with Gasteiger partial charge in [0.25, 0.3) is 0 Å². The topological polar surface area (TPSA) is 55.8 Å². The van der Waals surface area contributed by atoms with Crippen molar-refractivity contribution in [2.75, 3.05) is 18.0 Å². The molecule has 3 aromatic rings. The molecular weight excluding hydrogens is 409 g/mol. The fraction of sp³-hybridized carbons (Fsp3) is 0.154. The van der Waals surface area contributed by atoms with Gasteiger partial charge in [-0.15, -0.1) is 0 Å². The Balaban J connectivity index is 1.50. The minimum absolute atomic E-state index is 0.0937. The number of hydrogen-bond acceptors (Lipinski definition) is 5. The number of carbonyl (C=O) groups excluding carboxylic acids is 2. The molecule has 0 spiro atoms. The van der Waals surface area contributed by atoms with E-state index in [2.05, 4.69) is 18.7 Å². The predicted octanol–water partition coefficient (Wildman–Crippen LogP) is 5.51. The zero-order chi connectivity index (χ0) is 22.7. The van der Waals surface area contributed by atoms with Gasteiger partial charge in [-0.1, -0.05) is 18.2 Å². The minimum Gasteiger partial charge on any atom is -0.452 e. The summed E-state index contributed by atoms with van der Waals surface area (Å²) in [5.41, 5.74) is 2.44. The second-order valence-corrected chi connectivity index (χ2v) is 7.26. The molecule has 162 valence electrons. The number of ether oxygens (including phenoxy) is 2. The molecule has 0 bridgehead atoms. The molecule has 0 N–H and O–H groups in total. The van der Waals surface area contributed by atoms with Crippen molar-refractivity contribution in [3.05, 3.63) is 95.0 Å². The second-order valence-electron chi connectivity index (χ2n) is 7.26. The van der Waals surface area contributed by atoms with Gasteiger partial charge in [-0.3, -0.25) is 4.79 Å². The summed E-state index contributed by atoms with van der Waals surface area (Å²) in [6.45, 7) is 6.04. The zero-order valence-corrected chi connectivity index (χ0v) is 17.8. The van der Waals surface area contributed by atoms with Crippen molar-refractivity contribution in [3.63, 3.8) is 0 Å². The van der Waals surface area contributed by atoms with E-state index in [4.69, 9.17) is 9.47 Å². The van der Waals surface area contributed by atoms with Crippen molar-refractivity contribution in [2.45, 2.75) is 13.8 Å². The zero-order valence-electron chi connectivity index (χ0n) is 17.8. The Labute approximate surface area is 185 Å². The Kier molecular flexibility index (Phi) is 6.03. The van der Waals surface area contributed by atoms with Gasteiger partial charge in [0.05, 0.1) is 11.1 Å². The Morgan fingerprint density at radius 3 is 2.47 bits per heavy atom. The van der Waals surface area contributed by atoms with E-state index in [1.807, 2.05) is 24.3 Å². The highest BCUT2D eigenvalue weighted by molar-refractivity contribution is 6.14. The molecule has 6 heteroatoms. The van der Waals surface area contributed by atoms with E-state index >= 15 is 0 Å². The van der Waals surface area contributed by atoms with Gasteiger partial charge in [-0.05, 0) is 68.0 Å². The molecule has 0 saturated heterocycles. The van der Waals surface area contributed by atoms with Crippen LogP contribution in [0.5, 0.6) is 11.5 Å². The number of fused-ring (bicyclic) bond motifs is 1. The summed E-state index contributed by atoms with van der Waals surface area (Å²) in [6, 6.07) is 17.7. The van der Waals surface area contributed by atoms with Gasteiger partial charge in [0, 0.05) is 24.8 Å². The van der Waals surface area contributed by atoms with Gasteiger partial charge in [-0.2, -0.15) is 0 Å². The first kappa shape index (κ1) is 21.3.